The van der Waals surface area contributed by atoms with Crippen LogP contribution in [0.4, 0.5) is 8.78 Å². The predicted molar refractivity (Wildman–Crippen MR) is 102 cm³/mol. The molecule has 0 saturated carbocycles. The van der Waals surface area contributed by atoms with Crippen LogP contribution in [0.2, 0.25) is 5.02 Å². The van der Waals surface area contributed by atoms with Crippen LogP contribution in [-0.2, 0) is 17.8 Å². The molecule has 0 saturated heterocycles. The molecule has 1 amide bonds. The molecular weight excluding hydrogens is 392 g/mol. The fourth-order valence-electron chi connectivity index (χ4n) is 2.66. The summed E-state index contributed by atoms with van der Waals surface area (Å²) in [6.45, 7) is 3.37. The lowest BCUT2D eigenvalue weighted by Gasteiger charge is -2.18. The highest BCUT2D eigenvalue weighted by atomic mass is 35.5. The Morgan fingerprint density at radius 3 is 2.68 bits per heavy atom. The smallest absolute Gasteiger partial charge is 0.276 e. The molecule has 1 heterocycles. The first-order valence-corrected chi connectivity index (χ1v) is 9.20. The standard InChI is InChI=1S/C19H22ClF2N3O3/c1-11(2)25-15(5-4-6-16(26)23-3)24-18(17(20)19(25)27)28-10-12-7-8-13(21)9-14(12)22/h7-9,11H,4-6,10H2,1-3H3,(H,23,26). The van der Waals surface area contributed by atoms with Gasteiger partial charge in [0.2, 0.25) is 11.8 Å². The summed E-state index contributed by atoms with van der Waals surface area (Å²) in [5.74, 6) is -1.28. The Kier molecular flexibility index (Phi) is 7.51. The average molecular weight is 414 g/mol. The summed E-state index contributed by atoms with van der Waals surface area (Å²) >= 11 is 6.11. The van der Waals surface area contributed by atoms with Gasteiger partial charge in [-0.25, -0.2) is 8.78 Å². The lowest BCUT2D eigenvalue weighted by molar-refractivity contribution is -0.120. The van der Waals surface area contributed by atoms with Gasteiger partial charge in [0.25, 0.3) is 5.56 Å². The summed E-state index contributed by atoms with van der Waals surface area (Å²) < 4.78 is 33.7. The monoisotopic (exact) mass is 413 g/mol. The van der Waals surface area contributed by atoms with Crippen LogP contribution >= 0.6 is 11.6 Å². The van der Waals surface area contributed by atoms with Gasteiger partial charge in [-0.05, 0) is 32.4 Å². The van der Waals surface area contributed by atoms with Gasteiger partial charge in [0.15, 0.2) is 5.02 Å². The lowest BCUT2D eigenvalue weighted by Crippen LogP contribution is -2.28. The molecule has 2 aromatic rings. The largest absolute Gasteiger partial charge is 0.471 e. The second-order valence-corrected chi connectivity index (χ2v) is 6.85. The van der Waals surface area contributed by atoms with Crippen molar-refractivity contribution in [3.63, 3.8) is 0 Å². The Bertz CT molecular complexity index is 916. The van der Waals surface area contributed by atoms with E-state index in [-0.39, 0.29) is 41.4 Å². The molecule has 0 unspecified atom stereocenters. The van der Waals surface area contributed by atoms with E-state index < -0.39 is 17.2 Å². The number of benzene rings is 1. The van der Waals surface area contributed by atoms with Crippen molar-refractivity contribution in [1.29, 1.82) is 0 Å². The van der Waals surface area contributed by atoms with E-state index in [2.05, 4.69) is 10.3 Å². The second-order valence-electron chi connectivity index (χ2n) is 6.47. The van der Waals surface area contributed by atoms with Crippen LogP contribution in [0.25, 0.3) is 0 Å². The third kappa shape index (κ3) is 5.28. The molecule has 0 aliphatic carbocycles. The van der Waals surface area contributed by atoms with Crippen LogP contribution < -0.4 is 15.6 Å². The van der Waals surface area contributed by atoms with Gasteiger partial charge in [-0.3, -0.25) is 14.2 Å². The predicted octanol–water partition coefficient (Wildman–Crippen LogP) is 3.40. The first-order chi connectivity index (χ1) is 13.2. The number of aryl methyl sites for hydroxylation is 1. The number of carbonyl (C=O) groups is 1. The van der Waals surface area contributed by atoms with E-state index in [0.29, 0.717) is 18.7 Å². The summed E-state index contributed by atoms with van der Waals surface area (Å²) in [4.78, 5) is 28.4. The summed E-state index contributed by atoms with van der Waals surface area (Å²) in [6.07, 6.45) is 1.12. The maximum absolute atomic E-state index is 13.8. The van der Waals surface area contributed by atoms with Gasteiger partial charge in [0, 0.05) is 37.6 Å². The Morgan fingerprint density at radius 2 is 2.07 bits per heavy atom. The SMILES string of the molecule is CNC(=O)CCCc1nc(OCc2ccc(F)cc2F)c(Cl)c(=O)n1C(C)C. The number of halogens is 3. The molecule has 28 heavy (non-hydrogen) atoms. The molecule has 152 valence electrons. The van der Waals surface area contributed by atoms with Crippen LogP contribution in [0.5, 0.6) is 5.88 Å². The Hall–Kier alpha value is -2.48. The fourth-order valence-corrected chi connectivity index (χ4v) is 2.84. The van der Waals surface area contributed by atoms with Crippen molar-refractivity contribution in [2.45, 2.75) is 45.8 Å². The Balaban J connectivity index is 2.28. The molecule has 9 heteroatoms. The number of ether oxygens (including phenoxy) is 1. The van der Waals surface area contributed by atoms with Gasteiger partial charge in [0.1, 0.15) is 24.1 Å². The minimum Gasteiger partial charge on any atom is -0.471 e. The van der Waals surface area contributed by atoms with Crippen LogP contribution in [-0.4, -0.2) is 22.5 Å². The van der Waals surface area contributed by atoms with Crippen LogP contribution in [0.3, 0.4) is 0 Å². The highest BCUT2D eigenvalue weighted by Gasteiger charge is 2.19. The number of carbonyl (C=O) groups excluding carboxylic acids is 1. The molecule has 0 spiro atoms. The Morgan fingerprint density at radius 1 is 1.36 bits per heavy atom. The van der Waals surface area contributed by atoms with Gasteiger partial charge in [-0.2, -0.15) is 4.98 Å². The van der Waals surface area contributed by atoms with Crippen LogP contribution in [0.15, 0.2) is 23.0 Å². The van der Waals surface area contributed by atoms with Gasteiger partial charge >= 0.3 is 0 Å². The average Bonchev–Trinajstić information content (AvgIpc) is 2.64. The summed E-state index contributed by atoms with van der Waals surface area (Å²) in [6, 6.07) is 2.90. The van der Waals surface area contributed by atoms with Gasteiger partial charge in [-0.15, -0.1) is 0 Å². The van der Waals surface area contributed by atoms with E-state index in [1.165, 1.54) is 10.6 Å². The maximum atomic E-state index is 13.8. The molecule has 6 nitrogen and oxygen atoms in total. The number of aromatic nitrogens is 2. The highest BCUT2D eigenvalue weighted by Crippen LogP contribution is 2.22. The van der Waals surface area contributed by atoms with Gasteiger partial charge < -0.3 is 10.1 Å². The van der Waals surface area contributed by atoms with Crippen molar-refractivity contribution >= 4 is 17.5 Å². The number of rotatable bonds is 8. The Labute approximate surface area is 166 Å². The lowest BCUT2D eigenvalue weighted by atomic mass is 10.2. The molecule has 0 bridgehead atoms. The van der Waals surface area contributed by atoms with Crippen molar-refractivity contribution in [2.75, 3.05) is 7.05 Å². The summed E-state index contributed by atoms with van der Waals surface area (Å²) in [5.41, 5.74) is -0.371. The third-order valence-corrected chi connectivity index (χ3v) is 4.41. The molecule has 1 N–H and O–H groups in total. The molecule has 0 aliphatic rings. The summed E-state index contributed by atoms with van der Waals surface area (Å²) in [5, 5.41) is 2.32. The number of amides is 1. The molecule has 0 aliphatic heterocycles. The molecular formula is C19H22ClF2N3O3. The second kappa shape index (κ2) is 9.64. The minimum absolute atomic E-state index is 0.105. The molecule has 2 rings (SSSR count). The van der Waals surface area contributed by atoms with E-state index in [9.17, 15) is 18.4 Å². The number of nitrogens with zero attached hydrogens (tertiary/aromatic N) is 2. The van der Waals surface area contributed by atoms with E-state index >= 15 is 0 Å². The van der Waals surface area contributed by atoms with Crippen molar-refractivity contribution in [2.24, 2.45) is 0 Å². The first-order valence-electron chi connectivity index (χ1n) is 8.82. The molecule has 0 atom stereocenters. The maximum Gasteiger partial charge on any atom is 0.276 e. The zero-order valence-electron chi connectivity index (χ0n) is 15.9. The number of nitrogens with one attached hydrogen (secondary N) is 1. The van der Waals surface area contributed by atoms with Crippen LogP contribution in [0, 0.1) is 11.6 Å². The zero-order chi connectivity index (χ0) is 20.8. The topological polar surface area (TPSA) is 73.2 Å². The normalized spacial score (nSPS) is 11.0. The molecule has 1 aromatic heterocycles. The molecule has 0 radical (unpaired) electrons. The van der Waals surface area contributed by atoms with E-state index in [1.54, 1.807) is 7.05 Å². The minimum atomic E-state index is -0.766. The number of hydrogen-bond donors (Lipinski definition) is 1. The zero-order valence-corrected chi connectivity index (χ0v) is 16.6. The first kappa shape index (κ1) is 21.8. The fraction of sp³-hybridized carbons (Fsp3) is 0.421. The summed E-state index contributed by atoms with van der Waals surface area (Å²) in [7, 11) is 1.55. The van der Waals surface area contributed by atoms with Crippen LogP contribution in [0.1, 0.15) is 44.1 Å². The number of hydrogen-bond acceptors (Lipinski definition) is 4. The van der Waals surface area contributed by atoms with Crippen molar-refractivity contribution in [1.82, 2.24) is 14.9 Å². The van der Waals surface area contributed by atoms with E-state index in [4.69, 9.17) is 16.3 Å². The van der Waals surface area contributed by atoms with Crippen molar-refractivity contribution in [3.8, 4) is 5.88 Å². The highest BCUT2D eigenvalue weighted by molar-refractivity contribution is 6.31. The quantitative estimate of drug-likeness (QED) is 0.719. The third-order valence-electron chi connectivity index (χ3n) is 4.08. The molecule has 0 fully saturated rings. The van der Waals surface area contributed by atoms with E-state index in [1.807, 2.05) is 13.8 Å². The van der Waals surface area contributed by atoms with Crippen molar-refractivity contribution in [3.05, 3.63) is 56.6 Å². The van der Waals surface area contributed by atoms with Crippen molar-refractivity contribution < 1.29 is 18.3 Å². The van der Waals surface area contributed by atoms with Gasteiger partial charge in [-0.1, -0.05) is 11.6 Å². The van der Waals surface area contributed by atoms with E-state index in [0.717, 1.165) is 12.1 Å². The molecule has 1 aromatic carbocycles. The van der Waals surface area contributed by atoms with Gasteiger partial charge in [0.05, 0.1) is 0 Å².